The SMILES string of the molecule is CN(CC(C)(C)CCN)c1cn(C)c2ccccc12. The second kappa shape index (κ2) is 5.25. The van der Waals surface area contributed by atoms with Gasteiger partial charge in [-0.15, -0.1) is 0 Å². The molecule has 0 aliphatic rings. The summed E-state index contributed by atoms with van der Waals surface area (Å²) in [4.78, 5) is 2.35. The molecular formula is C16H25N3. The van der Waals surface area contributed by atoms with Crippen LogP contribution in [0.25, 0.3) is 10.9 Å². The van der Waals surface area contributed by atoms with Crippen LogP contribution in [0.5, 0.6) is 0 Å². The van der Waals surface area contributed by atoms with Gasteiger partial charge >= 0.3 is 0 Å². The van der Waals surface area contributed by atoms with Gasteiger partial charge in [-0.2, -0.15) is 0 Å². The molecule has 2 rings (SSSR count). The fourth-order valence-electron chi connectivity index (χ4n) is 2.82. The van der Waals surface area contributed by atoms with Crippen molar-refractivity contribution in [1.29, 1.82) is 0 Å². The number of aromatic nitrogens is 1. The zero-order chi connectivity index (χ0) is 14.0. The van der Waals surface area contributed by atoms with Crippen molar-refractivity contribution in [3.8, 4) is 0 Å². The molecule has 2 N–H and O–H groups in total. The van der Waals surface area contributed by atoms with Crippen molar-refractivity contribution >= 4 is 16.6 Å². The summed E-state index contributed by atoms with van der Waals surface area (Å²) in [6, 6.07) is 8.55. The summed E-state index contributed by atoms with van der Waals surface area (Å²) in [6.07, 6.45) is 3.26. The Bertz CT molecular complexity index is 554. The third-order valence-electron chi connectivity index (χ3n) is 3.77. The van der Waals surface area contributed by atoms with Gasteiger partial charge in [0.15, 0.2) is 0 Å². The van der Waals surface area contributed by atoms with E-state index in [0.29, 0.717) is 0 Å². The Kier molecular flexibility index (Phi) is 3.85. The van der Waals surface area contributed by atoms with Crippen LogP contribution in [0.3, 0.4) is 0 Å². The van der Waals surface area contributed by atoms with Crippen molar-refractivity contribution in [3.05, 3.63) is 30.5 Å². The lowest BCUT2D eigenvalue weighted by molar-refractivity contribution is 0.348. The van der Waals surface area contributed by atoms with E-state index in [4.69, 9.17) is 5.73 Å². The van der Waals surface area contributed by atoms with E-state index >= 15 is 0 Å². The lowest BCUT2D eigenvalue weighted by atomic mass is 9.88. The number of nitrogens with zero attached hydrogens (tertiary/aromatic N) is 2. The maximum Gasteiger partial charge on any atom is 0.0623 e. The number of fused-ring (bicyclic) bond motifs is 1. The average molecular weight is 259 g/mol. The summed E-state index contributed by atoms with van der Waals surface area (Å²) in [5, 5.41) is 1.32. The van der Waals surface area contributed by atoms with Gasteiger partial charge < -0.3 is 15.2 Å². The number of anilines is 1. The summed E-state index contributed by atoms with van der Waals surface area (Å²) >= 11 is 0. The topological polar surface area (TPSA) is 34.2 Å². The molecule has 0 saturated heterocycles. The van der Waals surface area contributed by atoms with Crippen LogP contribution in [0.15, 0.2) is 30.5 Å². The Labute approximate surface area is 116 Å². The van der Waals surface area contributed by atoms with Crippen molar-refractivity contribution in [2.24, 2.45) is 18.2 Å². The van der Waals surface area contributed by atoms with Crippen LogP contribution in [0.1, 0.15) is 20.3 Å². The molecule has 2 aromatic rings. The fourth-order valence-corrected chi connectivity index (χ4v) is 2.82. The number of nitrogens with two attached hydrogens (primary N) is 1. The zero-order valence-corrected chi connectivity index (χ0v) is 12.5. The number of hydrogen-bond acceptors (Lipinski definition) is 2. The quantitative estimate of drug-likeness (QED) is 0.895. The minimum Gasteiger partial charge on any atom is -0.372 e. The van der Waals surface area contributed by atoms with Crippen LogP contribution in [-0.2, 0) is 7.05 Å². The molecule has 0 unspecified atom stereocenters. The molecule has 1 heterocycles. The molecule has 104 valence electrons. The maximum atomic E-state index is 5.70. The molecule has 0 saturated carbocycles. The molecule has 3 nitrogen and oxygen atoms in total. The summed E-state index contributed by atoms with van der Waals surface area (Å²) in [7, 11) is 4.27. The molecule has 0 radical (unpaired) electrons. The third kappa shape index (κ3) is 2.92. The van der Waals surface area contributed by atoms with E-state index < -0.39 is 0 Å². The summed E-state index contributed by atoms with van der Waals surface area (Å²) in [5.41, 5.74) is 8.51. The van der Waals surface area contributed by atoms with Crippen molar-refractivity contribution in [1.82, 2.24) is 4.57 Å². The molecule has 1 aromatic carbocycles. The summed E-state index contributed by atoms with van der Waals surface area (Å²) < 4.78 is 2.19. The first-order valence-electron chi connectivity index (χ1n) is 6.90. The molecule has 0 fully saturated rings. The highest BCUT2D eigenvalue weighted by Gasteiger charge is 2.21. The maximum absolute atomic E-state index is 5.70. The third-order valence-corrected chi connectivity index (χ3v) is 3.77. The number of benzene rings is 1. The van der Waals surface area contributed by atoms with E-state index in [1.807, 2.05) is 0 Å². The number of rotatable bonds is 5. The molecular weight excluding hydrogens is 234 g/mol. The molecule has 0 amide bonds. The van der Waals surface area contributed by atoms with Gasteiger partial charge in [0, 0.05) is 37.7 Å². The van der Waals surface area contributed by atoms with Gasteiger partial charge in [0.25, 0.3) is 0 Å². The predicted octanol–water partition coefficient (Wildman–Crippen LogP) is 2.99. The van der Waals surface area contributed by atoms with Crippen LogP contribution in [-0.4, -0.2) is 24.7 Å². The summed E-state index contributed by atoms with van der Waals surface area (Å²) in [6.45, 7) is 6.32. The van der Waals surface area contributed by atoms with Gasteiger partial charge in [0.05, 0.1) is 5.69 Å². The first-order valence-corrected chi connectivity index (χ1v) is 6.90. The molecule has 0 aliphatic heterocycles. The van der Waals surface area contributed by atoms with E-state index in [1.165, 1.54) is 16.6 Å². The first-order chi connectivity index (χ1) is 8.94. The van der Waals surface area contributed by atoms with E-state index in [2.05, 4.69) is 67.9 Å². The van der Waals surface area contributed by atoms with Gasteiger partial charge in [0.2, 0.25) is 0 Å². The van der Waals surface area contributed by atoms with Crippen LogP contribution in [0.2, 0.25) is 0 Å². The highest BCUT2D eigenvalue weighted by Crippen LogP contribution is 2.30. The molecule has 1 aromatic heterocycles. The second-order valence-corrected chi connectivity index (χ2v) is 6.20. The first kappa shape index (κ1) is 13.9. The predicted molar refractivity (Wildman–Crippen MR) is 83.6 cm³/mol. The van der Waals surface area contributed by atoms with Gasteiger partial charge in [0.1, 0.15) is 0 Å². The van der Waals surface area contributed by atoms with Gasteiger partial charge in [-0.3, -0.25) is 0 Å². The van der Waals surface area contributed by atoms with Gasteiger partial charge in [-0.25, -0.2) is 0 Å². The van der Waals surface area contributed by atoms with E-state index in [9.17, 15) is 0 Å². The summed E-state index contributed by atoms with van der Waals surface area (Å²) in [5.74, 6) is 0. The molecule has 0 aliphatic carbocycles. The van der Waals surface area contributed by atoms with Crippen molar-refractivity contribution in [2.75, 3.05) is 25.0 Å². The van der Waals surface area contributed by atoms with Gasteiger partial charge in [-0.1, -0.05) is 32.0 Å². The normalized spacial score (nSPS) is 12.1. The van der Waals surface area contributed by atoms with E-state index in [0.717, 1.165) is 19.5 Å². The smallest absolute Gasteiger partial charge is 0.0623 e. The standard InChI is InChI=1S/C16H25N3/c1-16(2,9-10-17)12-19(4)15-11-18(3)14-8-6-5-7-13(14)15/h5-8,11H,9-10,12,17H2,1-4H3. The van der Waals surface area contributed by atoms with Crippen LogP contribution in [0.4, 0.5) is 5.69 Å². The highest BCUT2D eigenvalue weighted by atomic mass is 15.1. The van der Waals surface area contributed by atoms with E-state index in [-0.39, 0.29) is 5.41 Å². The van der Waals surface area contributed by atoms with Crippen LogP contribution < -0.4 is 10.6 Å². The van der Waals surface area contributed by atoms with Crippen LogP contribution in [0, 0.1) is 5.41 Å². The highest BCUT2D eigenvalue weighted by molar-refractivity contribution is 5.93. The van der Waals surface area contributed by atoms with Crippen molar-refractivity contribution < 1.29 is 0 Å². The second-order valence-electron chi connectivity index (χ2n) is 6.20. The van der Waals surface area contributed by atoms with E-state index in [1.54, 1.807) is 0 Å². The largest absolute Gasteiger partial charge is 0.372 e. The average Bonchev–Trinajstić information content (AvgIpc) is 2.67. The Balaban J connectivity index is 2.29. The lowest BCUT2D eigenvalue weighted by Crippen LogP contribution is -2.32. The molecule has 19 heavy (non-hydrogen) atoms. The monoisotopic (exact) mass is 259 g/mol. The number of hydrogen-bond donors (Lipinski definition) is 1. The van der Waals surface area contributed by atoms with Crippen molar-refractivity contribution in [3.63, 3.8) is 0 Å². The van der Waals surface area contributed by atoms with Gasteiger partial charge in [-0.05, 0) is 24.4 Å². The molecule has 0 spiro atoms. The Hall–Kier alpha value is -1.48. The zero-order valence-electron chi connectivity index (χ0n) is 12.5. The minimum atomic E-state index is 0.237. The van der Waals surface area contributed by atoms with Crippen LogP contribution >= 0.6 is 0 Å². The molecule has 0 bridgehead atoms. The Morgan fingerprint density at radius 3 is 2.63 bits per heavy atom. The number of para-hydroxylation sites is 1. The van der Waals surface area contributed by atoms with Crippen molar-refractivity contribution in [2.45, 2.75) is 20.3 Å². The fraction of sp³-hybridized carbons (Fsp3) is 0.500. The Morgan fingerprint density at radius 2 is 1.95 bits per heavy atom. The Morgan fingerprint density at radius 1 is 1.26 bits per heavy atom. The molecule has 3 heteroatoms. The number of aryl methyl sites for hydroxylation is 1. The lowest BCUT2D eigenvalue weighted by Gasteiger charge is -2.31. The minimum absolute atomic E-state index is 0.237. The molecule has 0 atom stereocenters.